The third-order valence-corrected chi connectivity index (χ3v) is 3.52. The fourth-order valence-electron chi connectivity index (χ4n) is 2.35. The van der Waals surface area contributed by atoms with Crippen molar-refractivity contribution in [2.45, 2.75) is 19.8 Å². The first-order valence-electron chi connectivity index (χ1n) is 6.72. The Balaban J connectivity index is 1.72. The van der Waals surface area contributed by atoms with Crippen molar-refractivity contribution < 1.29 is 9.53 Å². The number of hydrogen-bond donors (Lipinski definition) is 0. The summed E-state index contributed by atoms with van der Waals surface area (Å²) in [7, 11) is 0. The number of carbonyl (C=O) groups excluding carboxylic acids is 1. The number of rotatable bonds is 5. The predicted molar refractivity (Wildman–Crippen MR) is 71.8 cm³/mol. The first-order valence-corrected chi connectivity index (χ1v) is 6.72. The molecule has 1 heterocycles. The molecule has 1 atom stereocenters. The van der Waals surface area contributed by atoms with E-state index in [1.165, 1.54) is 0 Å². The zero-order chi connectivity index (χ0) is 12.8. The largest absolute Gasteiger partial charge is 0.492 e. The molecule has 1 saturated heterocycles. The van der Waals surface area contributed by atoms with Gasteiger partial charge in [-0.05, 0) is 18.6 Å². The summed E-state index contributed by atoms with van der Waals surface area (Å²) >= 11 is 0. The van der Waals surface area contributed by atoms with E-state index in [-0.39, 0.29) is 5.92 Å². The van der Waals surface area contributed by atoms with E-state index in [0.29, 0.717) is 18.8 Å². The second kappa shape index (κ2) is 6.55. The van der Waals surface area contributed by atoms with Gasteiger partial charge in [-0.25, -0.2) is 0 Å². The van der Waals surface area contributed by atoms with Gasteiger partial charge in [0.25, 0.3) is 0 Å². The maximum atomic E-state index is 11.6. The number of benzene rings is 1. The van der Waals surface area contributed by atoms with Gasteiger partial charge in [-0.3, -0.25) is 9.69 Å². The van der Waals surface area contributed by atoms with Crippen molar-refractivity contribution in [1.29, 1.82) is 0 Å². The van der Waals surface area contributed by atoms with Crippen LogP contribution in [0.5, 0.6) is 5.75 Å². The lowest BCUT2D eigenvalue weighted by atomic mass is 9.94. The summed E-state index contributed by atoms with van der Waals surface area (Å²) in [6, 6.07) is 9.86. The molecule has 3 nitrogen and oxygen atoms in total. The van der Waals surface area contributed by atoms with Gasteiger partial charge in [0.1, 0.15) is 18.1 Å². The third-order valence-electron chi connectivity index (χ3n) is 3.52. The van der Waals surface area contributed by atoms with Crippen LogP contribution in [-0.2, 0) is 4.79 Å². The van der Waals surface area contributed by atoms with Crippen molar-refractivity contribution in [2.24, 2.45) is 5.92 Å². The summed E-state index contributed by atoms with van der Waals surface area (Å²) in [5.74, 6) is 1.57. The van der Waals surface area contributed by atoms with Crippen LogP contribution in [0.1, 0.15) is 19.8 Å². The molecule has 98 valence electrons. The number of piperidine rings is 1. The Bertz CT molecular complexity index is 377. The molecule has 3 heteroatoms. The highest BCUT2D eigenvalue weighted by atomic mass is 16.5. The van der Waals surface area contributed by atoms with Gasteiger partial charge in [0, 0.05) is 32.0 Å². The van der Waals surface area contributed by atoms with Crippen molar-refractivity contribution in [2.75, 3.05) is 26.2 Å². The number of nitrogens with zero attached hydrogens (tertiary/aromatic N) is 1. The fraction of sp³-hybridized carbons (Fsp3) is 0.533. The van der Waals surface area contributed by atoms with Crippen LogP contribution >= 0.6 is 0 Å². The Labute approximate surface area is 109 Å². The highest BCUT2D eigenvalue weighted by Gasteiger charge is 2.25. The molecule has 18 heavy (non-hydrogen) atoms. The van der Waals surface area contributed by atoms with Gasteiger partial charge in [-0.15, -0.1) is 0 Å². The van der Waals surface area contributed by atoms with Crippen LogP contribution in [0.25, 0.3) is 0 Å². The summed E-state index contributed by atoms with van der Waals surface area (Å²) in [5, 5.41) is 0. The van der Waals surface area contributed by atoms with E-state index >= 15 is 0 Å². The van der Waals surface area contributed by atoms with E-state index < -0.39 is 0 Å². The average molecular weight is 247 g/mol. The number of hydrogen-bond acceptors (Lipinski definition) is 3. The van der Waals surface area contributed by atoms with Crippen LogP contribution in [0.2, 0.25) is 0 Å². The molecule has 0 amide bonds. The van der Waals surface area contributed by atoms with E-state index in [1.54, 1.807) is 0 Å². The zero-order valence-corrected chi connectivity index (χ0v) is 11.0. The quantitative estimate of drug-likeness (QED) is 0.800. The predicted octanol–water partition coefficient (Wildman–Crippen LogP) is 2.37. The molecule has 1 fully saturated rings. The maximum Gasteiger partial charge on any atom is 0.138 e. The van der Waals surface area contributed by atoms with Crippen LogP contribution in [0.4, 0.5) is 0 Å². The molecule has 0 radical (unpaired) electrons. The Morgan fingerprint density at radius 2 is 2.11 bits per heavy atom. The number of ketones is 1. The lowest BCUT2D eigenvalue weighted by Gasteiger charge is -2.31. The Hall–Kier alpha value is -1.35. The van der Waals surface area contributed by atoms with Crippen LogP contribution in [-0.4, -0.2) is 36.9 Å². The standard InChI is InChI=1S/C15H21NO2/c1-2-13-12-16(9-8-15(13)17)10-11-18-14-6-4-3-5-7-14/h3-7,13H,2,8-12H2,1H3. The normalized spacial score (nSPS) is 20.9. The number of Topliss-reactive ketones (excluding diaryl/α,β-unsaturated/α-hetero) is 1. The minimum atomic E-state index is 0.232. The average Bonchev–Trinajstić information content (AvgIpc) is 2.42. The molecule has 2 rings (SSSR count). The summed E-state index contributed by atoms with van der Waals surface area (Å²) < 4.78 is 5.68. The highest BCUT2D eigenvalue weighted by molar-refractivity contribution is 5.82. The van der Waals surface area contributed by atoms with Gasteiger partial charge in [-0.2, -0.15) is 0 Å². The van der Waals surface area contributed by atoms with Gasteiger partial charge in [-0.1, -0.05) is 25.1 Å². The number of para-hydroxylation sites is 1. The van der Waals surface area contributed by atoms with Crippen LogP contribution in [0.3, 0.4) is 0 Å². The smallest absolute Gasteiger partial charge is 0.138 e. The van der Waals surface area contributed by atoms with E-state index in [1.807, 2.05) is 30.3 Å². The zero-order valence-electron chi connectivity index (χ0n) is 11.0. The molecule has 0 saturated carbocycles. The third kappa shape index (κ3) is 3.57. The molecular weight excluding hydrogens is 226 g/mol. The van der Waals surface area contributed by atoms with Crippen molar-refractivity contribution in [3.8, 4) is 5.75 Å². The topological polar surface area (TPSA) is 29.5 Å². The van der Waals surface area contributed by atoms with Crippen molar-refractivity contribution in [3.05, 3.63) is 30.3 Å². The molecule has 1 aliphatic rings. The van der Waals surface area contributed by atoms with Gasteiger partial charge in [0.05, 0.1) is 0 Å². The van der Waals surface area contributed by atoms with Crippen molar-refractivity contribution in [3.63, 3.8) is 0 Å². The molecular formula is C15H21NO2. The molecule has 1 aromatic rings. The molecule has 0 spiro atoms. The first kappa shape index (κ1) is 13.1. The molecule has 0 N–H and O–H groups in total. The molecule has 1 aliphatic heterocycles. The van der Waals surface area contributed by atoms with Crippen molar-refractivity contribution >= 4 is 5.78 Å². The molecule has 1 aromatic carbocycles. The SMILES string of the molecule is CCC1CN(CCOc2ccccc2)CCC1=O. The monoisotopic (exact) mass is 247 g/mol. The van der Waals surface area contributed by atoms with Crippen molar-refractivity contribution in [1.82, 2.24) is 4.90 Å². The highest BCUT2D eigenvalue weighted by Crippen LogP contribution is 2.16. The number of ether oxygens (including phenoxy) is 1. The Morgan fingerprint density at radius 3 is 2.83 bits per heavy atom. The fourth-order valence-corrected chi connectivity index (χ4v) is 2.35. The summed E-state index contributed by atoms with van der Waals surface area (Å²) in [6.07, 6.45) is 1.65. The maximum absolute atomic E-state index is 11.6. The lowest BCUT2D eigenvalue weighted by molar-refractivity contribution is -0.126. The van der Waals surface area contributed by atoms with E-state index in [9.17, 15) is 4.79 Å². The minimum Gasteiger partial charge on any atom is -0.492 e. The molecule has 0 bridgehead atoms. The number of likely N-dealkylation sites (tertiary alicyclic amines) is 1. The Morgan fingerprint density at radius 1 is 1.33 bits per heavy atom. The van der Waals surface area contributed by atoms with Gasteiger partial charge in [0.15, 0.2) is 0 Å². The van der Waals surface area contributed by atoms with Gasteiger partial charge in [0.2, 0.25) is 0 Å². The second-order valence-corrected chi connectivity index (χ2v) is 4.78. The minimum absolute atomic E-state index is 0.232. The van der Waals surface area contributed by atoms with Gasteiger partial charge < -0.3 is 4.74 Å². The van der Waals surface area contributed by atoms with E-state index in [4.69, 9.17) is 4.74 Å². The molecule has 0 aromatic heterocycles. The first-order chi connectivity index (χ1) is 8.79. The number of carbonyl (C=O) groups is 1. The van der Waals surface area contributed by atoms with Crippen LogP contribution in [0, 0.1) is 5.92 Å². The van der Waals surface area contributed by atoms with Crippen LogP contribution in [0.15, 0.2) is 30.3 Å². The Kier molecular flexibility index (Phi) is 4.76. The van der Waals surface area contributed by atoms with Crippen LogP contribution < -0.4 is 4.74 Å². The summed E-state index contributed by atoms with van der Waals surface area (Å²) in [6.45, 7) is 5.46. The van der Waals surface area contributed by atoms with E-state index in [0.717, 1.165) is 31.8 Å². The lowest BCUT2D eigenvalue weighted by Crippen LogP contribution is -2.42. The van der Waals surface area contributed by atoms with Gasteiger partial charge >= 0.3 is 0 Å². The van der Waals surface area contributed by atoms with E-state index in [2.05, 4.69) is 11.8 Å². The second-order valence-electron chi connectivity index (χ2n) is 4.78. The summed E-state index contributed by atoms with van der Waals surface area (Å²) in [5.41, 5.74) is 0. The summed E-state index contributed by atoms with van der Waals surface area (Å²) in [4.78, 5) is 13.9. The molecule has 0 aliphatic carbocycles. The molecule has 1 unspecified atom stereocenters.